The minimum absolute atomic E-state index is 0. The molecule has 2 aromatic rings. The van der Waals surface area contributed by atoms with Gasteiger partial charge in [-0.2, -0.15) is 5.10 Å². The predicted octanol–water partition coefficient (Wildman–Crippen LogP) is 3.08. The third-order valence-corrected chi connectivity index (χ3v) is 3.91. The minimum Gasteiger partial charge on any atom is -0.494 e. The van der Waals surface area contributed by atoms with E-state index in [1.54, 1.807) is 0 Å². The average Bonchev–Trinajstić information content (AvgIpc) is 3.02. The Kier molecular flexibility index (Phi) is 10.1. The molecule has 2 rings (SSSR count). The molecule has 26 heavy (non-hydrogen) atoms. The van der Waals surface area contributed by atoms with Crippen LogP contribution in [0, 0.1) is 0 Å². The first kappa shape index (κ1) is 22.3. The minimum atomic E-state index is 0. The number of rotatable bonds is 8. The molecule has 0 unspecified atom stereocenters. The van der Waals surface area contributed by atoms with Crippen LogP contribution in [0.1, 0.15) is 24.5 Å². The largest absolute Gasteiger partial charge is 0.494 e. The maximum atomic E-state index is 5.48. The Labute approximate surface area is 173 Å². The van der Waals surface area contributed by atoms with Crippen molar-refractivity contribution in [3.8, 4) is 5.75 Å². The van der Waals surface area contributed by atoms with Gasteiger partial charge < -0.3 is 15.0 Å². The summed E-state index contributed by atoms with van der Waals surface area (Å²) in [5, 5.41) is 7.62. The van der Waals surface area contributed by atoms with Crippen LogP contribution in [-0.4, -0.2) is 47.9 Å². The zero-order valence-corrected chi connectivity index (χ0v) is 18.4. The topological polar surface area (TPSA) is 54.7 Å². The summed E-state index contributed by atoms with van der Waals surface area (Å²) < 4.78 is 7.32. The molecule has 0 bridgehead atoms. The van der Waals surface area contributed by atoms with Crippen molar-refractivity contribution in [2.45, 2.75) is 26.3 Å². The van der Waals surface area contributed by atoms with E-state index in [-0.39, 0.29) is 24.0 Å². The number of guanidine groups is 1. The van der Waals surface area contributed by atoms with E-state index in [0.29, 0.717) is 6.61 Å². The monoisotopic (exact) mass is 471 g/mol. The van der Waals surface area contributed by atoms with E-state index in [2.05, 4.69) is 38.6 Å². The Morgan fingerprint density at radius 1 is 1.27 bits per heavy atom. The van der Waals surface area contributed by atoms with E-state index >= 15 is 0 Å². The van der Waals surface area contributed by atoms with Crippen molar-refractivity contribution >= 4 is 29.9 Å². The van der Waals surface area contributed by atoms with Gasteiger partial charge in [-0.15, -0.1) is 24.0 Å². The van der Waals surface area contributed by atoms with Crippen molar-refractivity contribution in [2.75, 3.05) is 27.2 Å². The fourth-order valence-electron chi connectivity index (χ4n) is 2.68. The molecule has 0 aliphatic heterocycles. The van der Waals surface area contributed by atoms with Crippen LogP contribution in [0.4, 0.5) is 0 Å². The summed E-state index contributed by atoms with van der Waals surface area (Å²) in [6, 6.07) is 8.21. The molecule has 1 aromatic heterocycles. The third-order valence-electron chi connectivity index (χ3n) is 3.91. The van der Waals surface area contributed by atoms with Crippen molar-refractivity contribution in [3.05, 3.63) is 47.8 Å². The standard InChI is InChI=1S/C19H29N5O.HI/c1-5-25-18-10-8-16(9-11-18)14-23(3)19(20-2)21-12-6-7-17-13-22-24(4)15-17;/h8-11,13,15H,5-7,12,14H2,1-4H3,(H,20,21);1H. The molecule has 144 valence electrons. The van der Waals surface area contributed by atoms with E-state index in [4.69, 9.17) is 4.74 Å². The van der Waals surface area contributed by atoms with Gasteiger partial charge in [-0.3, -0.25) is 9.67 Å². The van der Waals surface area contributed by atoms with Crippen molar-refractivity contribution < 1.29 is 4.74 Å². The molecular formula is C19H30IN5O. The second-order valence-corrected chi connectivity index (χ2v) is 6.03. The van der Waals surface area contributed by atoms with Crippen LogP contribution >= 0.6 is 24.0 Å². The van der Waals surface area contributed by atoms with Crippen molar-refractivity contribution in [1.29, 1.82) is 0 Å². The van der Waals surface area contributed by atoms with Gasteiger partial charge in [0, 0.05) is 40.4 Å². The van der Waals surface area contributed by atoms with Crippen LogP contribution in [-0.2, 0) is 20.0 Å². The van der Waals surface area contributed by atoms with Crippen LogP contribution in [0.5, 0.6) is 5.75 Å². The van der Waals surface area contributed by atoms with Gasteiger partial charge in [-0.25, -0.2) is 0 Å². The predicted molar refractivity (Wildman–Crippen MR) is 117 cm³/mol. The van der Waals surface area contributed by atoms with Gasteiger partial charge in [0.05, 0.1) is 12.8 Å². The normalized spacial score (nSPS) is 11.0. The van der Waals surface area contributed by atoms with Gasteiger partial charge in [-0.05, 0) is 43.0 Å². The first-order valence-electron chi connectivity index (χ1n) is 8.73. The Balaban J connectivity index is 0.00000338. The van der Waals surface area contributed by atoms with Crippen LogP contribution in [0.15, 0.2) is 41.7 Å². The number of nitrogens with zero attached hydrogens (tertiary/aromatic N) is 4. The first-order valence-corrected chi connectivity index (χ1v) is 8.73. The van der Waals surface area contributed by atoms with E-state index < -0.39 is 0 Å². The lowest BCUT2D eigenvalue weighted by Crippen LogP contribution is -2.39. The summed E-state index contributed by atoms with van der Waals surface area (Å²) in [5.74, 6) is 1.81. The summed E-state index contributed by atoms with van der Waals surface area (Å²) in [6.07, 6.45) is 6.04. The van der Waals surface area contributed by atoms with Crippen LogP contribution in [0.3, 0.4) is 0 Å². The van der Waals surface area contributed by atoms with Gasteiger partial charge >= 0.3 is 0 Å². The molecular weight excluding hydrogens is 441 g/mol. The molecule has 0 fully saturated rings. The Morgan fingerprint density at radius 3 is 2.58 bits per heavy atom. The van der Waals surface area contributed by atoms with Gasteiger partial charge in [0.2, 0.25) is 0 Å². The number of ether oxygens (including phenoxy) is 1. The molecule has 0 aliphatic carbocycles. The molecule has 7 heteroatoms. The molecule has 0 amide bonds. The summed E-state index contributed by atoms with van der Waals surface area (Å²) in [4.78, 5) is 6.49. The number of halogens is 1. The van der Waals surface area contributed by atoms with E-state index in [9.17, 15) is 0 Å². The Morgan fingerprint density at radius 2 is 2.00 bits per heavy atom. The Hall–Kier alpha value is -1.77. The number of hydrogen-bond donors (Lipinski definition) is 1. The highest BCUT2D eigenvalue weighted by atomic mass is 127. The molecule has 0 radical (unpaired) electrons. The highest BCUT2D eigenvalue weighted by Crippen LogP contribution is 2.13. The maximum Gasteiger partial charge on any atom is 0.193 e. The van der Waals surface area contributed by atoms with E-state index in [0.717, 1.165) is 37.6 Å². The zero-order chi connectivity index (χ0) is 18.1. The number of nitrogens with one attached hydrogen (secondary N) is 1. The highest BCUT2D eigenvalue weighted by Gasteiger charge is 2.06. The van der Waals surface area contributed by atoms with Gasteiger partial charge in [0.15, 0.2) is 5.96 Å². The lowest BCUT2D eigenvalue weighted by atomic mass is 10.2. The quantitative estimate of drug-likeness (QED) is 0.278. The molecule has 0 aliphatic rings. The zero-order valence-electron chi connectivity index (χ0n) is 16.1. The van der Waals surface area contributed by atoms with Gasteiger partial charge in [-0.1, -0.05) is 12.1 Å². The lowest BCUT2D eigenvalue weighted by Gasteiger charge is -2.22. The number of aromatic nitrogens is 2. The van der Waals surface area contributed by atoms with Gasteiger partial charge in [0.1, 0.15) is 5.75 Å². The van der Waals surface area contributed by atoms with E-state index in [1.807, 2.05) is 51.1 Å². The van der Waals surface area contributed by atoms with Crippen LogP contribution in [0.2, 0.25) is 0 Å². The number of hydrogen-bond acceptors (Lipinski definition) is 3. The molecule has 0 atom stereocenters. The molecule has 1 heterocycles. The molecule has 0 saturated carbocycles. The average molecular weight is 471 g/mol. The van der Waals surface area contributed by atoms with E-state index in [1.165, 1.54) is 11.1 Å². The number of aryl methyl sites for hydroxylation is 2. The lowest BCUT2D eigenvalue weighted by molar-refractivity contribution is 0.340. The summed E-state index contributed by atoms with van der Waals surface area (Å²) in [6.45, 7) is 4.37. The van der Waals surface area contributed by atoms with Crippen LogP contribution < -0.4 is 10.1 Å². The van der Waals surface area contributed by atoms with Crippen molar-refractivity contribution in [1.82, 2.24) is 20.0 Å². The van der Waals surface area contributed by atoms with Crippen molar-refractivity contribution in [2.24, 2.45) is 12.0 Å². The second kappa shape index (κ2) is 11.8. The van der Waals surface area contributed by atoms with Crippen molar-refractivity contribution in [3.63, 3.8) is 0 Å². The molecule has 0 spiro atoms. The molecule has 6 nitrogen and oxygen atoms in total. The SMILES string of the molecule is CCOc1ccc(CN(C)C(=NC)NCCCc2cnn(C)c2)cc1.I. The third kappa shape index (κ3) is 7.23. The molecule has 0 saturated heterocycles. The first-order chi connectivity index (χ1) is 12.1. The second-order valence-electron chi connectivity index (χ2n) is 6.03. The smallest absolute Gasteiger partial charge is 0.193 e. The number of aliphatic imine (C=N–C) groups is 1. The fraction of sp³-hybridized carbons (Fsp3) is 0.474. The van der Waals surface area contributed by atoms with Gasteiger partial charge in [0.25, 0.3) is 0 Å². The summed E-state index contributed by atoms with van der Waals surface area (Å²) in [7, 11) is 5.81. The van der Waals surface area contributed by atoms with Crippen LogP contribution in [0.25, 0.3) is 0 Å². The summed E-state index contributed by atoms with van der Waals surface area (Å²) in [5.41, 5.74) is 2.49. The fourth-order valence-corrected chi connectivity index (χ4v) is 2.68. The number of benzene rings is 1. The molecule has 1 aromatic carbocycles. The molecule has 1 N–H and O–H groups in total. The highest BCUT2D eigenvalue weighted by molar-refractivity contribution is 14.0. The summed E-state index contributed by atoms with van der Waals surface area (Å²) >= 11 is 0. The Bertz CT molecular complexity index is 669. The maximum absolute atomic E-state index is 5.48.